The molecule has 0 heterocycles. The van der Waals surface area contributed by atoms with Crippen molar-refractivity contribution in [2.75, 3.05) is 14.2 Å². The molecule has 3 nitrogen and oxygen atoms in total. The Labute approximate surface area is 92.5 Å². The smallest absolute Gasteiger partial charge is 0.0716 e. The summed E-state index contributed by atoms with van der Waals surface area (Å²) in [7, 11) is 3.29. The topological polar surface area (TPSA) is 30.5 Å². The van der Waals surface area contributed by atoms with E-state index < -0.39 is 0 Å². The number of ether oxygens (including phenoxy) is 1. The SMILES string of the molecule is COCc1cccc(Br)c1CNOC. The molecular formula is C10H14BrNO2. The third kappa shape index (κ3) is 3.06. The van der Waals surface area contributed by atoms with Gasteiger partial charge in [0.1, 0.15) is 0 Å². The average molecular weight is 260 g/mol. The maximum Gasteiger partial charge on any atom is 0.0716 e. The van der Waals surface area contributed by atoms with Crippen molar-refractivity contribution >= 4 is 15.9 Å². The Kier molecular flexibility index (Phi) is 5.11. The van der Waals surface area contributed by atoms with Gasteiger partial charge in [-0.2, -0.15) is 5.48 Å². The van der Waals surface area contributed by atoms with Gasteiger partial charge in [-0.05, 0) is 17.2 Å². The molecule has 78 valence electrons. The van der Waals surface area contributed by atoms with Crippen molar-refractivity contribution in [3.8, 4) is 0 Å². The van der Waals surface area contributed by atoms with E-state index in [9.17, 15) is 0 Å². The van der Waals surface area contributed by atoms with E-state index in [-0.39, 0.29) is 0 Å². The Morgan fingerprint density at radius 3 is 2.79 bits per heavy atom. The van der Waals surface area contributed by atoms with Crippen LogP contribution >= 0.6 is 15.9 Å². The minimum Gasteiger partial charge on any atom is -0.380 e. The normalized spacial score (nSPS) is 10.5. The van der Waals surface area contributed by atoms with Crippen LogP contribution in [0.1, 0.15) is 11.1 Å². The van der Waals surface area contributed by atoms with Crippen molar-refractivity contribution in [1.82, 2.24) is 5.48 Å². The average Bonchev–Trinajstić information content (AvgIpc) is 2.18. The van der Waals surface area contributed by atoms with Crippen LogP contribution < -0.4 is 5.48 Å². The van der Waals surface area contributed by atoms with Gasteiger partial charge in [0.25, 0.3) is 0 Å². The molecule has 0 fully saturated rings. The van der Waals surface area contributed by atoms with E-state index in [1.54, 1.807) is 14.2 Å². The first kappa shape index (κ1) is 11.7. The van der Waals surface area contributed by atoms with Crippen LogP contribution in [0.2, 0.25) is 0 Å². The maximum atomic E-state index is 5.11. The first-order valence-electron chi connectivity index (χ1n) is 4.30. The highest BCUT2D eigenvalue weighted by molar-refractivity contribution is 9.10. The number of benzene rings is 1. The molecule has 0 saturated carbocycles. The van der Waals surface area contributed by atoms with Gasteiger partial charge in [0.15, 0.2) is 0 Å². The summed E-state index contributed by atoms with van der Waals surface area (Å²) < 4.78 is 6.18. The molecule has 14 heavy (non-hydrogen) atoms. The van der Waals surface area contributed by atoms with Gasteiger partial charge in [-0.25, -0.2) is 0 Å². The number of rotatable bonds is 5. The minimum atomic E-state index is 0.611. The van der Waals surface area contributed by atoms with Gasteiger partial charge >= 0.3 is 0 Å². The molecule has 0 radical (unpaired) electrons. The molecule has 1 rings (SSSR count). The fourth-order valence-corrected chi connectivity index (χ4v) is 1.78. The first-order valence-corrected chi connectivity index (χ1v) is 5.10. The molecule has 1 N–H and O–H groups in total. The molecule has 0 spiro atoms. The zero-order valence-corrected chi connectivity index (χ0v) is 9.93. The summed E-state index contributed by atoms with van der Waals surface area (Å²) in [5.41, 5.74) is 5.14. The molecule has 0 unspecified atom stereocenters. The van der Waals surface area contributed by atoms with Gasteiger partial charge < -0.3 is 9.57 Å². The van der Waals surface area contributed by atoms with Crippen molar-refractivity contribution in [2.45, 2.75) is 13.2 Å². The lowest BCUT2D eigenvalue weighted by molar-refractivity contribution is 0.0857. The van der Waals surface area contributed by atoms with E-state index in [0.29, 0.717) is 13.2 Å². The van der Waals surface area contributed by atoms with Crippen LogP contribution in [-0.2, 0) is 22.7 Å². The molecule has 1 aromatic carbocycles. The van der Waals surface area contributed by atoms with Gasteiger partial charge in [0, 0.05) is 18.1 Å². The van der Waals surface area contributed by atoms with Crippen molar-refractivity contribution < 1.29 is 9.57 Å². The van der Waals surface area contributed by atoms with E-state index in [1.807, 2.05) is 18.2 Å². The number of hydrogen-bond donors (Lipinski definition) is 1. The third-order valence-corrected chi connectivity index (χ3v) is 2.65. The molecule has 0 aliphatic rings. The second-order valence-electron chi connectivity index (χ2n) is 2.84. The Bertz CT molecular complexity index is 291. The Hall–Kier alpha value is -0.420. The van der Waals surface area contributed by atoms with Crippen LogP contribution in [0.25, 0.3) is 0 Å². The zero-order chi connectivity index (χ0) is 10.4. The molecule has 0 amide bonds. The second kappa shape index (κ2) is 6.14. The summed E-state index contributed by atoms with van der Waals surface area (Å²) in [5.74, 6) is 0. The van der Waals surface area contributed by atoms with Crippen molar-refractivity contribution in [2.24, 2.45) is 0 Å². The van der Waals surface area contributed by atoms with Crippen LogP contribution in [-0.4, -0.2) is 14.2 Å². The maximum absolute atomic E-state index is 5.11. The zero-order valence-electron chi connectivity index (χ0n) is 8.34. The number of nitrogens with one attached hydrogen (secondary N) is 1. The molecular weight excluding hydrogens is 246 g/mol. The number of hydrogen-bond acceptors (Lipinski definition) is 3. The van der Waals surface area contributed by atoms with Gasteiger partial charge in [-0.15, -0.1) is 0 Å². The molecule has 0 aliphatic carbocycles. The summed E-state index contributed by atoms with van der Waals surface area (Å²) in [6.45, 7) is 1.27. The molecule has 0 saturated heterocycles. The van der Waals surface area contributed by atoms with Gasteiger partial charge in [0.2, 0.25) is 0 Å². The molecule has 1 aromatic rings. The number of halogens is 1. The predicted molar refractivity (Wildman–Crippen MR) is 58.7 cm³/mol. The monoisotopic (exact) mass is 259 g/mol. The predicted octanol–water partition coefficient (Wildman–Crippen LogP) is 2.25. The Morgan fingerprint density at radius 2 is 2.14 bits per heavy atom. The standard InChI is InChI=1S/C10H14BrNO2/c1-13-7-8-4-3-5-10(11)9(8)6-12-14-2/h3-5,12H,6-7H2,1-2H3. The molecule has 0 atom stereocenters. The lowest BCUT2D eigenvalue weighted by atomic mass is 10.1. The van der Waals surface area contributed by atoms with E-state index in [0.717, 1.165) is 15.6 Å². The molecule has 4 heteroatoms. The van der Waals surface area contributed by atoms with E-state index in [2.05, 4.69) is 21.4 Å². The summed E-state index contributed by atoms with van der Waals surface area (Å²) in [6, 6.07) is 6.04. The van der Waals surface area contributed by atoms with Crippen LogP contribution in [0.4, 0.5) is 0 Å². The summed E-state index contributed by atoms with van der Waals surface area (Å²) >= 11 is 3.50. The highest BCUT2D eigenvalue weighted by atomic mass is 79.9. The summed E-state index contributed by atoms with van der Waals surface area (Å²) in [4.78, 5) is 4.82. The van der Waals surface area contributed by atoms with Crippen LogP contribution in [0.3, 0.4) is 0 Å². The van der Waals surface area contributed by atoms with Crippen LogP contribution in [0, 0.1) is 0 Å². The van der Waals surface area contributed by atoms with E-state index >= 15 is 0 Å². The van der Waals surface area contributed by atoms with Crippen LogP contribution in [0.5, 0.6) is 0 Å². The lowest BCUT2D eigenvalue weighted by Gasteiger charge is -2.10. The van der Waals surface area contributed by atoms with E-state index in [1.165, 1.54) is 0 Å². The fourth-order valence-electron chi connectivity index (χ4n) is 1.24. The third-order valence-electron chi connectivity index (χ3n) is 1.91. The highest BCUT2D eigenvalue weighted by Crippen LogP contribution is 2.21. The van der Waals surface area contributed by atoms with Crippen molar-refractivity contribution in [3.05, 3.63) is 33.8 Å². The first-order chi connectivity index (χ1) is 6.79. The lowest BCUT2D eigenvalue weighted by Crippen LogP contribution is -2.13. The molecule has 0 bridgehead atoms. The van der Waals surface area contributed by atoms with Gasteiger partial charge in [-0.3, -0.25) is 0 Å². The van der Waals surface area contributed by atoms with Crippen molar-refractivity contribution in [3.63, 3.8) is 0 Å². The number of hydroxylamine groups is 1. The summed E-state index contributed by atoms with van der Waals surface area (Å²) in [6.07, 6.45) is 0. The highest BCUT2D eigenvalue weighted by Gasteiger charge is 2.05. The Balaban J connectivity index is 2.84. The van der Waals surface area contributed by atoms with Crippen molar-refractivity contribution in [1.29, 1.82) is 0 Å². The largest absolute Gasteiger partial charge is 0.380 e. The second-order valence-corrected chi connectivity index (χ2v) is 3.69. The number of methoxy groups -OCH3 is 1. The summed E-state index contributed by atoms with van der Waals surface area (Å²) in [5, 5.41) is 0. The Morgan fingerprint density at radius 1 is 1.36 bits per heavy atom. The van der Waals surface area contributed by atoms with Crippen LogP contribution in [0.15, 0.2) is 22.7 Å². The quantitative estimate of drug-likeness (QED) is 0.823. The van der Waals surface area contributed by atoms with Gasteiger partial charge in [-0.1, -0.05) is 28.1 Å². The fraction of sp³-hybridized carbons (Fsp3) is 0.400. The van der Waals surface area contributed by atoms with Gasteiger partial charge in [0.05, 0.1) is 13.7 Å². The minimum absolute atomic E-state index is 0.611. The van der Waals surface area contributed by atoms with E-state index in [4.69, 9.17) is 9.57 Å². The molecule has 0 aromatic heterocycles. The molecule has 0 aliphatic heterocycles.